The maximum absolute atomic E-state index is 12.2. The van der Waals surface area contributed by atoms with Crippen molar-refractivity contribution in [2.45, 2.75) is 18.0 Å². The zero-order chi connectivity index (χ0) is 11.9. The van der Waals surface area contributed by atoms with E-state index in [1.807, 2.05) is 0 Å². The summed E-state index contributed by atoms with van der Waals surface area (Å²) in [6.45, 7) is 1.37. The van der Waals surface area contributed by atoms with Gasteiger partial charge in [0.05, 0.1) is 10.5 Å². The van der Waals surface area contributed by atoms with Crippen LogP contribution in [0.1, 0.15) is 11.1 Å². The molecule has 0 amide bonds. The molecule has 0 fully saturated rings. The Hall–Kier alpha value is -0.750. The van der Waals surface area contributed by atoms with Gasteiger partial charge in [0.2, 0.25) is 0 Å². The van der Waals surface area contributed by atoms with Gasteiger partial charge in [-0.15, -0.1) is 0 Å². The molecule has 0 atom stereocenters. The Balaban J connectivity index is 3.43. The summed E-state index contributed by atoms with van der Waals surface area (Å²) < 4.78 is 58.6. The van der Waals surface area contributed by atoms with Gasteiger partial charge in [-0.2, -0.15) is 13.2 Å². The average Bonchev–Trinajstić information content (AvgIpc) is 2.00. The Morgan fingerprint density at radius 2 is 1.80 bits per heavy atom. The molecule has 0 saturated heterocycles. The molecule has 7 heteroatoms. The molecule has 0 N–H and O–H groups in total. The highest BCUT2D eigenvalue weighted by Crippen LogP contribution is 2.32. The van der Waals surface area contributed by atoms with Crippen molar-refractivity contribution in [1.82, 2.24) is 0 Å². The van der Waals surface area contributed by atoms with Crippen LogP contribution in [0.25, 0.3) is 0 Å². The largest absolute Gasteiger partial charge is 0.416 e. The predicted octanol–water partition coefficient (Wildman–Crippen LogP) is 2.94. The normalized spacial score (nSPS) is 12.9. The van der Waals surface area contributed by atoms with Crippen LogP contribution < -0.4 is 0 Å². The van der Waals surface area contributed by atoms with E-state index in [9.17, 15) is 21.6 Å². The van der Waals surface area contributed by atoms with E-state index in [0.717, 1.165) is 12.1 Å². The fourth-order valence-electron chi connectivity index (χ4n) is 1.04. The SMILES string of the molecule is Cc1ccc(C(F)(F)F)cc1S(=O)(=O)Cl. The third-order valence-corrected chi connectivity index (χ3v) is 3.24. The fraction of sp³-hybridized carbons (Fsp3) is 0.250. The number of hydrogen-bond acceptors (Lipinski definition) is 2. The summed E-state index contributed by atoms with van der Waals surface area (Å²) in [4.78, 5) is -0.515. The Morgan fingerprint density at radius 3 is 2.20 bits per heavy atom. The quantitative estimate of drug-likeness (QED) is 0.726. The van der Waals surface area contributed by atoms with E-state index in [-0.39, 0.29) is 5.56 Å². The van der Waals surface area contributed by atoms with Crippen molar-refractivity contribution >= 4 is 19.7 Å². The zero-order valence-corrected chi connectivity index (χ0v) is 9.04. The molecule has 2 nitrogen and oxygen atoms in total. The second-order valence-electron chi connectivity index (χ2n) is 2.92. The van der Waals surface area contributed by atoms with E-state index in [1.165, 1.54) is 6.92 Å². The van der Waals surface area contributed by atoms with Gasteiger partial charge < -0.3 is 0 Å². The third-order valence-electron chi connectivity index (χ3n) is 1.78. The summed E-state index contributed by atoms with van der Waals surface area (Å²) in [6.07, 6.45) is -4.58. The van der Waals surface area contributed by atoms with Crippen LogP contribution >= 0.6 is 10.7 Å². The molecule has 1 rings (SSSR count). The lowest BCUT2D eigenvalue weighted by atomic mass is 10.1. The van der Waals surface area contributed by atoms with Crippen molar-refractivity contribution in [3.8, 4) is 0 Å². The van der Waals surface area contributed by atoms with E-state index >= 15 is 0 Å². The molecule has 0 radical (unpaired) electrons. The Kier molecular flexibility index (Phi) is 3.02. The third kappa shape index (κ3) is 2.85. The summed E-state index contributed by atoms with van der Waals surface area (Å²) in [5.74, 6) is 0. The van der Waals surface area contributed by atoms with Crippen LogP contribution in [0.3, 0.4) is 0 Å². The van der Waals surface area contributed by atoms with Gasteiger partial charge in [0.25, 0.3) is 9.05 Å². The molecule has 0 aromatic heterocycles. The van der Waals surface area contributed by atoms with Gasteiger partial charge in [0.1, 0.15) is 0 Å². The Morgan fingerprint density at radius 1 is 1.27 bits per heavy atom. The predicted molar refractivity (Wildman–Crippen MR) is 49.2 cm³/mol. The molecule has 15 heavy (non-hydrogen) atoms. The van der Waals surface area contributed by atoms with E-state index in [4.69, 9.17) is 10.7 Å². The lowest BCUT2D eigenvalue weighted by Gasteiger charge is -2.09. The number of aryl methyl sites for hydroxylation is 1. The molecule has 0 spiro atoms. The van der Waals surface area contributed by atoms with E-state index in [2.05, 4.69) is 0 Å². The van der Waals surface area contributed by atoms with Crippen molar-refractivity contribution in [3.05, 3.63) is 29.3 Å². The molecule has 0 unspecified atom stereocenters. The molecule has 0 bridgehead atoms. The summed E-state index contributed by atoms with van der Waals surface area (Å²) >= 11 is 0. The van der Waals surface area contributed by atoms with Gasteiger partial charge in [-0.1, -0.05) is 6.07 Å². The summed E-state index contributed by atoms with van der Waals surface area (Å²) in [5, 5.41) is 0. The number of alkyl halides is 3. The first-order chi connectivity index (χ1) is 6.62. The van der Waals surface area contributed by atoms with Crippen LogP contribution in [0.2, 0.25) is 0 Å². The minimum Gasteiger partial charge on any atom is -0.207 e. The van der Waals surface area contributed by atoms with Crippen LogP contribution in [-0.4, -0.2) is 8.42 Å². The highest BCUT2D eigenvalue weighted by molar-refractivity contribution is 8.13. The van der Waals surface area contributed by atoms with Crippen molar-refractivity contribution in [1.29, 1.82) is 0 Å². The van der Waals surface area contributed by atoms with E-state index in [1.54, 1.807) is 0 Å². The standard InChI is InChI=1S/C8H6ClF3O2S/c1-5-2-3-6(8(10,11)12)4-7(5)15(9,13)14/h2-4H,1H3. The lowest BCUT2D eigenvalue weighted by Crippen LogP contribution is -2.07. The molecular formula is C8H6ClF3O2S. The Labute approximate surface area is 89.1 Å². The highest BCUT2D eigenvalue weighted by atomic mass is 35.7. The maximum atomic E-state index is 12.2. The molecule has 0 heterocycles. The monoisotopic (exact) mass is 258 g/mol. The second kappa shape index (κ2) is 3.68. The van der Waals surface area contributed by atoms with Crippen LogP contribution in [0, 0.1) is 6.92 Å². The zero-order valence-electron chi connectivity index (χ0n) is 7.47. The maximum Gasteiger partial charge on any atom is 0.416 e. The molecule has 0 aliphatic rings. The first-order valence-corrected chi connectivity index (χ1v) is 6.06. The fourth-order valence-corrected chi connectivity index (χ4v) is 2.26. The molecule has 0 aliphatic carbocycles. The number of benzene rings is 1. The van der Waals surface area contributed by atoms with Gasteiger partial charge in [0, 0.05) is 10.7 Å². The van der Waals surface area contributed by atoms with E-state index < -0.39 is 25.7 Å². The molecule has 1 aromatic carbocycles. The average molecular weight is 259 g/mol. The smallest absolute Gasteiger partial charge is 0.207 e. The van der Waals surface area contributed by atoms with Crippen LogP contribution in [-0.2, 0) is 15.2 Å². The van der Waals surface area contributed by atoms with Gasteiger partial charge >= 0.3 is 6.18 Å². The summed E-state index contributed by atoms with van der Waals surface area (Å²) in [6, 6.07) is 2.40. The first kappa shape index (κ1) is 12.3. The molecule has 0 aliphatic heterocycles. The van der Waals surface area contributed by atoms with Gasteiger partial charge in [-0.3, -0.25) is 0 Å². The van der Waals surface area contributed by atoms with Crippen LogP contribution in [0.5, 0.6) is 0 Å². The van der Waals surface area contributed by atoms with Gasteiger partial charge in [-0.25, -0.2) is 8.42 Å². The highest BCUT2D eigenvalue weighted by Gasteiger charge is 2.32. The lowest BCUT2D eigenvalue weighted by molar-refractivity contribution is -0.137. The minimum atomic E-state index is -4.58. The van der Waals surface area contributed by atoms with Crippen molar-refractivity contribution in [2.24, 2.45) is 0 Å². The topological polar surface area (TPSA) is 34.1 Å². The van der Waals surface area contributed by atoms with Crippen molar-refractivity contribution in [2.75, 3.05) is 0 Å². The van der Waals surface area contributed by atoms with Gasteiger partial charge in [-0.05, 0) is 24.6 Å². The molecule has 1 aromatic rings. The van der Waals surface area contributed by atoms with Crippen LogP contribution in [0.4, 0.5) is 13.2 Å². The van der Waals surface area contributed by atoms with Crippen LogP contribution in [0.15, 0.2) is 23.1 Å². The molecule has 0 saturated carbocycles. The first-order valence-electron chi connectivity index (χ1n) is 3.75. The van der Waals surface area contributed by atoms with Crippen molar-refractivity contribution in [3.63, 3.8) is 0 Å². The summed E-state index contributed by atoms with van der Waals surface area (Å²) in [5.41, 5.74) is -0.856. The second-order valence-corrected chi connectivity index (χ2v) is 5.45. The minimum absolute atomic E-state index is 0.179. The summed E-state index contributed by atoms with van der Waals surface area (Å²) in [7, 11) is 0.847. The molecule has 84 valence electrons. The number of rotatable bonds is 1. The molecular weight excluding hydrogens is 253 g/mol. The number of hydrogen-bond donors (Lipinski definition) is 0. The Bertz CT molecular complexity index is 479. The van der Waals surface area contributed by atoms with Gasteiger partial charge in [0.15, 0.2) is 0 Å². The van der Waals surface area contributed by atoms with Crippen molar-refractivity contribution < 1.29 is 21.6 Å². The number of halogens is 4. The van der Waals surface area contributed by atoms with E-state index in [0.29, 0.717) is 6.07 Å².